The number of fused-ring (bicyclic) bond motifs is 1. The number of anilines is 1. The molecule has 0 saturated heterocycles. The lowest BCUT2D eigenvalue weighted by Gasteiger charge is -2.01. The number of nitrogens with zero attached hydrogens (tertiary/aromatic N) is 3. The fourth-order valence-corrected chi connectivity index (χ4v) is 1.14. The number of nitrogens with two attached hydrogens (primary N) is 1. The molecular formula is C8H7N5O. The first kappa shape index (κ1) is 8.36. The number of primary amides is 1. The Morgan fingerprint density at radius 1 is 1.29 bits per heavy atom. The first-order chi connectivity index (χ1) is 6.77. The maximum atomic E-state index is 10.6. The van der Waals surface area contributed by atoms with E-state index in [0.29, 0.717) is 16.7 Å². The number of aromatic nitrogens is 3. The second-order valence-corrected chi connectivity index (χ2v) is 2.64. The van der Waals surface area contributed by atoms with Crippen LogP contribution in [-0.2, 0) is 0 Å². The molecule has 3 N–H and O–H groups in total. The molecule has 2 aromatic rings. The Morgan fingerprint density at radius 2 is 2.07 bits per heavy atom. The normalized spacial score (nSPS) is 10.0. The Morgan fingerprint density at radius 3 is 2.86 bits per heavy atom. The number of carbonyl (C=O) groups is 1. The number of urea groups is 1. The van der Waals surface area contributed by atoms with Crippen LogP contribution in [-0.4, -0.2) is 21.4 Å². The molecule has 0 aliphatic rings. The lowest BCUT2D eigenvalue weighted by atomic mass is 10.2. The summed E-state index contributed by atoms with van der Waals surface area (Å²) in [6.07, 6.45) is 0. The smallest absolute Gasteiger partial charge is 0.317 e. The van der Waals surface area contributed by atoms with Gasteiger partial charge in [0, 0.05) is 5.39 Å². The predicted molar refractivity (Wildman–Crippen MR) is 50.5 cm³/mol. The quantitative estimate of drug-likeness (QED) is 0.683. The van der Waals surface area contributed by atoms with Crippen LogP contribution in [0, 0.1) is 0 Å². The Hall–Kier alpha value is -2.24. The second-order valence-electron chi connectivity index (χ2n) is 2.64. The molecule has 6 heteroatoms. The number of amides is 2. The van der Waals surface area contributed by atoms with Gasteiger partial charge in [0.25, 0.3) is 0 Å². The SMILES string of the molecule is NC(=O)Nc1nnnc2ccccc12. The molecular weight excluding hydrogens is 182 g/mol. The number of benzene rings is 1. The van der Waals surface area contributed by atoms with Crippen molar-refractivity contribution in [1.29, 1.82) is 0 Å². The predicted octanol–water partition coefficient (Wildman–Crippen LogP) is 0.515. The van der Waals surface area contributed by atoms with E-state index in [0.717, 1.165) is 0 Å². The molecule has 2 amide bonds. The summed E-state index contributed by atoms with van der Waals surface area (Å²) in [5.74, 6) is 0.322. The van der Waals surface area contributed by atoms with E-state index >= 15 is 0 Å². The van der Waals surface area contributed by atoms with Crippen LogP contribution in [0.15, 0.2) is 24.3 Å². The highest BCUT2D eigenvalue weighted by Crippen LogP contribution is 2.16. The molecule has 0 bridgehead atoms. The van der Waals surface area contributed by atoms with Gasteiger partial charge in [0.15, 0.2) is 5.82 Å². The Labute approximate surface area is 79.1 Å². The molecule has 1 aromatic carbocycles. The largest absolute Gasteiger partial charge is 0.351 e. The number of carbonyl (C=O) groups excluding carboxylic acids is 1. The zero-order chi connectivity index (χ0) is 9.97. The minimum Gasteiger partial charge on any atom is -0.351 e. The van der Waals surface area contributed by atoms with Crippen LogP contribution < -0.4 is 11.1 Å². The van der Waals surface area contributed by atoms with E-state index in [1.165, 1.54) is 0 Å². The number of hydrogen-bond acceptors (Lipinski definition) is 4. The van der Waals surface area contributed by atoms with Crippen molar-refractivity contribution in [2.75, 3.05) is 5.32 Å². The summed E-state index contributed by atoms with van der Waals surface area (Å²) in [6.45, 7) is 0. The molecule has 1 aromatic heterocycles. The molecule has 2 rings (SSSR count). The van der Waals surface area contributed by atoms with Gasteiger partial charge in [0.05, 0.1) is 5.52 Å². The Balaban J connectivity index is 2.59. The molecule has 0 atom stereocenters. The van der Waals surface area contributed by atoms with Crippen LogP contribution in [0.25, 0.3) is 10.9 Å². The van der Waals surface area contributed by atoms with E-state index < -0.39 is 6.03 Å². The maximum absolute atomic E-state index is 10.6. The molecule has 6 nitrogen and oxygen atoms in total. The topological polar surface area (TPSA) is 93.8 Å². The van der Waals surface area contributed by atoms with Gasteiger partial charge in [-0.15, -0.1) is 10.2 Å². The third-order valence-electron chi connectivity index (χ3n) is 1.70. The van der Waals surface area contributed by atoms with E-state index in [1.54, 1.807) is 12.1 Å². The van der Waals surface area contributed by atoms with Crippen molar-refractivity contribution in [2.24, 2.45) is 5.73 Å². The molecule has 1 heterocycles. The van der Waals surface area contributed by atoms with Gasteiger partial charge < -0.3 is 5.73 Å². The lowest BCUT2D eigenvalue weighted by Crippen LogP contribution is -2.20. The van der Waals surface area contributed by atoms with Crippen LogP contribution in [0.2, 0.25) is 0 Å². The molecule has 0 radical (unpaired) electrons. The second kappa shape index (κ2) is 3.25. The monoisotopic (exact) mass is 189 g/mol. The highest BCUT2D eigenvalue weighted by atomic mass is 16.2. The highest BCUT2D eigenvalue weighted by Gasteiger charge is 2.04. The van der Waals surface area contributed by atoms with E-state index in [1.807, 2.05) is 12.1 Å². The average Bonchev–Trinajstić information content (AvgIpc) is 2.18. The van der Waals surface area contributed by atoms with Crippen molar-refractivity contribution in [3.8, 4) is 0 Å². The van der Waals surface area contributed by atoms with E-state index in [9.17, 15) is 4.79 Å². The van der Waals surface area contributed by atoms with Crippen LogP contribution in [0.5, 0.6) is 0 Å². The highest BCUT2D eigenvalue weighted by molar-refractivity contribution is 5.97. The van der Waals surface area contributed by atoms with Crippen molar-refractivity contribution >= 4 is 22.8 Å². The zero-order valence-electron chi connectivity index (χ0n) is 7.14. The van der Waals surface area contributed by atoms with Gasteiger partial charge in [0.2, 0.25) is 0 Å². The summed E-state index contributed by atoms with van der Waals surface area (Å²) >= 11 is 0. The molecule has 0 unspecified atom stereocenters. The van der Waals surface area contributed by atoms with Crippen LogP contribution >= 0.6 is 0 Å². The van der Waals surface area contributed by atoms with Gasteiger partial charge >= 0.3 is 6.03 Å². The van der Waals surface area contributed by atoms with Gasteiger partial charge in [-0.05, 0) is 17.3 Å². The molecule has 14 heavy (non-hydrogen) atoms. The van der Waals surface area contributed by atoms with Crippen molar-refractivity contribution in [3.05, 3.63) is 24.3 Å². The first-order valence-electron chi connectivity index (χ1n) is 3.92. The van der Waals surface area contributed by atoms with Crippen molar-refractivity contribution in [3.63, 3.8) is 0 Å². The standard InChI is InChI=1S/C8H7N5O/c9-8(14)10-7-5-3-1-2-4-6(5)11-13-12-7/h1-4H,(H3,9,10,11,12,14). The fourth-order valence-electron chi connectivity index (χ4n) is 1.14. The van der Waals surface area contributed by atoms with Gasteiger partial charge in [0.1, 0.15) is 0 Å². The minimum atomic E-state index is -0.671. The third-order valence-corrected chi connectivity index (χ3v) is 1.70. The number of rotatable bonds is 1. The molecule has 0 fully saturated rings. The van der Waals surface area contributed by atoms with E-state index in [2.05, 4.69) is 20.7 Å². The third kappa shape index (κ3) is 1.45. The van der Waals surface area contributed by atoms with Gasteiger partial charge in [-0.2, -0.15) is 0 Å². The average molecular weight is 189 g/mol. The minimum absolute atomic E-state index is 0.322. The molecule has 0 aliphatic heterocycles. The zero-order valence-corrected chi connectivity index (χ0v) is 7.14. The Bertz CT molecular complexity index is 479. The summed E-state index contributed by atoms with van der Waals surface area (Å²) in [7, 11) is 0. The maximum Gasteiger partial charge on any atom is 0.317 e. The molecule has 0 spiro atoms. The summed E-state index contributed by atoms with van der Waals surface area (Å²) in [5, 5.41) is 14.0. The molecule has 70 valence electrons. The van der Waals surface area contributed by atoms with E-state index in [4.69, 9.17) is 5.73 Å². The lowest BCUT2D eigenvalue weighted by molar-refractivity contribution is 0.259. The van der Waals surface area contributed by atoms with Crippen LogP contribution in [0.4, 0.5) is 10.6 Å². The first-order valence-corrected chi connectivity index (χ1v) is 3.92. The summed E-state index contributed by atoms with van der Waals surface area (Å²) in [4.78, 5) is 10.6. The summed E-state index contributed by atoms with van der Waals surface area (Å²) < 4.78 is 0. The number of hydrogen-bond donors (Lipinski definition) is 2. The summed E-state index contributed by atoms with van der Waals surface area (Å²) in [6, 6.07) is 6.53. The van der Waals surface area contributed by atoms with Gasteiger partial charge in [-0.1, -0.05) is 12.1 Å². The van der Waals surface area contributed by atoms with Crippen molar-refractivity contribution in [2.45, 2.75) is 0 Å². The van der Waals surface area contributed by atoms with Crippen LogP contribution in [0.1, 0.15) is 0 Å². The van der Waals surface area contributed by atoms with Crippen molar-refractivity contribution < 1.29 is 4.79 Å². The van der Waals surface area contributed by atoms with Gasteiger partial charge in [-0.3, -0.25) is 5.32 Å². The fraction of sp³-hybridized carbons (Fsp3) is 0. The summed E-state index contributed by atoms with van der Waals surface area (Å²) in [5.41, 5.74) is 5.64. The molecule has 0 aliphatic carbocycles. The van der Waals surface area contributed by atoms with Gasteiger partial charge in [-0.25, -0.2) is 4.79 Å². The van der Waals surface area contributed by atoms with Crippen molar-refractivity contribution in [1.82, 2.24) is 15.4 Å². The number of nitrogens with one attached hydrogen (secondary N) is 1. The Kier molecular flexibility index (Phi) is 1.94. The van der Waals surface area contributed by atoms with E-state index in [-0.39, 0.29) is 0 Å². The molecule has 0 saturated carbocycles. The van der Waals surface area contributed by atoms with Crippen LogP contribution in [0.3, 0.4) is 0 Å².